The quantitative estimate of drug-likeness (QED) is 0.726. The molecule has 1 unspecified atom stereocenters. The summed E-state index contributed by atoms with van der Waals surface area (Å²) in [5.74, 6) is -0.317. The molecule has 2 rings (SSSR count). The van der Waals surface area contributed by atoms with Crippen LogP contribution < -0.4 is 5.32 Å². The van der Waals surface area contributed by atoms with Gasteiger partial charge in [0.05, 0.1) is 12.2 Å². The first-order chi connectivity index (χ1) is 12.2. The monoisotopic (exact) mass is 426 g/mol. The van der Waals surface area contributed by atoms with E-state index < -0.39 is 5.60 Å². The van der Waals surface area contributed by atoms with Gasteiger partial charge in [-0.3, -0.25) is 4.90 Å². The number of nitrogens with one attached hydrogen (secondary N) is 1. The van der Waals surface area contributed by atoms with Crippen molar-refractivity contribution < 1.29 is 19.1 Å². The number of halogens is 1. The van der Waals surface area contributed by atoms with Crippen molar-refractivity contribution in [2.45, 2.75) is 52.3 Å². The average Bonchev–Trinajstić information content (AvgIpc) is 2.94. The molecule has 0 aliphatic carbocycles. The van der Waals surface area contributed by atoms with E-state index in [1.165, 1.54) is 0 Å². The van der Waals surface area contributed by atoms with E-state index in [9.17, 15) is 9.59 Å². The summed E-state index contributed by atoms with van der Waals surface area (Å²) in [6.45, 7) is 10.1. The van der Waals surface area contributed by atoms with E-state index >= 15 is 0 Å². The third kappa shape index (κ3) is 6.29. The van der Waals surface area contributed by atoms with E-state index in [2.05, 4.69) is 26.1 Å². The highest BCUT2D eigenvalue weighted by Gasteiger charge is 2.26. The van der Waals surface area contributed by atoms with Gasteiger partial charge in [-0.1, -0.05) is 22.0 Å². The molecule has 1 aromatic carbocycles. The van der Waals surface area contributed by atoms with Crippen LogP contribution >= 0.6 is 15.9 Å². The number of ether oxygens (including phenoxy) is 2. The van der Waals surface area contributed by atoms with Crippen LogP contribution in [0.2, 0.25) is 0 Å². The van der Waals surface area contributed by atoms with Gasteiger partial charge in [-0.05, 0) is 51.8 Å². The van der Waals surface area contributed by atoms with E-state index in [1.54, 1.807) is 19.1 Å². The molecule has 1 fully saturated rings. The van der Waals surface area contributed by atoms with E-state index in [4.69, 9.17) is 9.47 Å². The van der Waals surface area contributed by atoms with Crippen molar-refractivity contribution in [2.75, 3.05) is 19.7 Å². The van der Waals surface area contributed by atoms with Gasteiger partial charge in [-0.15, -0.1) is 0 Å². The number of hydrogen-bond donors (Lipinski definition) is 1. The number of esters is 1. The molecular formula is C19H27BrN2O4. The number of carbonyl (C=O) groups excluding carboxylic acids is 2. The van der Waals surface area contributed by atoms with E-state index in [1.807, 2.05) is 26.8 Å². The minimum Gasteiger partial charge on any atom is -0.462 e. The lowest BCUT2D eigenvalue weighted by Gasteiger charge is -2.22. The van der Waals surface area contributed by atoms with E-state index in [0.29, 0.717) is 12.2 Å². The number of benzene rings is 1. The van der Waals surface area contributed by atoms with Crippen LogP contribution in [-0.4, -0.2) is 48.3 Å². The number of alkyl carbamates (subject to hydrolysis) is 1. The molecule has 1 aliphatic rings. The summed E-state index contributed by atoms with van der Waals surface area (Å²) >= 11 is 3.54. The predicted molar refractivity (Wildman–Crippen MR) is 103 cm³/mol. The van der Waals surface area contributed by atoms with Crippen molar-refractivity contribution in [3.8, 4) is 0 Å². The molecule has 26 heavy (non-hydrogen) atoms. The van der Waals surface area contributed by atoms with Gasteiger partial charge >= 0.3 is 12.1 Å². The molecule has 1 heterocycles. The normalized spacial score (nSPS) is 17.8. The molecule has 1 atom stereocenters. The summed E-state index contributed by atoms with van der Waals surface area (Å²) in [4.78, 5) is 25.9. The molecule has 0 bridgehead atoms. The lowest BCUT2D eigenvalue weighted by molar-refractivity contribution is 0.0501. The summed E-state index contributed by atoms with van der Waals surface area (Å²) < 4.78 is 11.2. The lowest BCUT2D eigenvalue weighted by atomic mass is 10.1. The highest BCUT2D eigenvalue weighted by Crippen LogP contribution is 2.23. The Kier molecular flexibility index (Phi) is 7.06. The molecular weight excluding hydrogens is 400 g/mol. The van der Waals surface area contributed by atoms with Crippen LogP contribution in [0.1, 0.15) is 50.0 Å². The minimum absolute atomic E-state index is 0.0856. The van der Waals surface area contributed by atoms with Gasteiger partial charge < -0.3 is 14.8 Å². The Morgan fingerprint density at radius 2 is 2.08 bits per heavy atom. The summed E-state index contributed by atoms with van der Waals surface area (Å²) in [5.41, 5.74) is 1.14. The maximum atomic E-state index is 11.9. The number of nitrogens with zero attached hydrogens (tertiary/aromatic N) is 1. The van der Waals surface area contributed by atoms with Crippen molar-refractivity contribution >= 4 is 28.0 Å². The zero-order valence-corrected chi connectivity index (χ0v) is 17.4. The van der Waals surface area contributed by atoms with Gasteiger partial charge in [0.25, 0.3) is 0 Å². The zero-order chi connectivity index (χ0) is 19.3. The Labute approximate surface area is 163 Å². The van der Waals surface area contributed by atoms with Gasteiger partial charge in [-0.25, -0.2) is 9.59 Å². The average molecular weight is 427 g/mol. The van der Waals surface area contributed by atoms with Crippen LogP contribution in [-0.2, 0) is 16.0 Å². The fourth-order valence-electron chi connectivity index (χ4n) is 2.83. The molecule has 0 spiro atoms. The molecule has 1 amide bonds. The Morgan fingerprint density at radius 1 is 1.35 bits per heavy atom. The Bertz CT molecular complexity index is 657. The zero-order valence-electron chi connectivity index (χ0n) is 15.8. The second-order valence-corrected chi connectivity index (χ2v) is 8.25. The van der Waals surface area contributed by atoms with Crippen LogP contribution in [0.5, 0.6) is 0 Å². The molecule has 144 valence electrons. The van der Waals surface area contributed by atoms with Crippen molar-refractivity contribution in [2.24, 2.45) is 0 Å². The van der Waals surface area contributed by atoms with Crippen molar-refractivity contribution in [1.82, 2.24) is 10.2 Å². The fourth-order valence-corrected chi connectivity index (χ4v) is 3.33. The molecule has 0 radical (unpaired) electrons. The van der Waals surface area contributed by atoms with Crippen LogP contribution in [0.4, 0.5) is 4.79 Å². The summed E-state index contributed by atoms with van der Waals surface area (Å²) in [5, 5.41) is 2.93. The van der Waals surface area contributed by atoms with Gasteiger partial charge in [-0.2, -0.15) is 0 Å². The van der Waals surface area contributed by atoms with Gasteiger partial charge in [0.2, 0.25) is 0 Å². The van der Waals surface area contributed by atoms with Crippen molar-refractivity contribution in [3.05, 3.63) is 33.8 Å². The highest BCUT2D eigenvalue weighted by molar-refractivity contribution is 9.10. The molecule has 1 aliphatic heterocycles. The molecule has 6 nitrogen and oxygen atoms in total. The summed E-state index contributed by atoms with van der Waals surface area (Å²) in [6.07, 6.45) is 0.516. The lowest BCUT2D eigenvalue weighted by Crippen LogP contribution is -2.40. The van der Waals surface area contributed by atoms with Crippen LogP contribution in [0, 0.1) is 0 Å². The third-order valence-corrected chi connectivity index (χ3v) is 4.69. The first-order valence-corrected chi connectivity index (χ1v) is 9.64. The Balaban J connectivity index is 1.88. The predicted octanol–water partition coefficient (Wildman–Crippen LogP) is 3.72. The van der Waals surface area contributed by atoms with Crippen LogP contribution in [0.15, 0.2) is 22.7 Å². The molecule has 7 heteroatoms. The van der Waals surface area contributed by atoms with Crippen molar-refractivity contribution in [1.29, 1.82) is 0 Å². The molecule has 1 aromatic rings. The van der Waals surface area contributed by atoms with Gasteiger partial charge in [0.15, 0.2) is 0 Å². The number of carbonyl (C=O) groups is 2. The Hall–Kier alpha value is -1.60. The second kappa shape index (κ2) is 8.86. The first-order valence-electron chi connectivity index (χ1n) is 8.85. The molecule has 1 N–H and O–H groups in total. The highest BCUT2D eigenvalue weighted by atomic mass is 79.9. The van der Waals surface area contributed by atoms with Crippen LogP contribution in [0.3, 0.4) is 0 Å². The number of amides is 1. The smallest absolute Gasteiger partial charge is 0.407 e. The third-order valence-electron chi connectivity index (χ3n) is 3.95. The SMILES string of the molecule is CCOC(=O)c1ccc(CN2CCC(NC(=O)OC(C)(C)C)C2)c(Br)c1. The van der Waals surface area contributed by atoms with Crippen LogP contribution in [0.25, 0.3) is 0 Å². The standard InChI is InChI=1S/C19H27BrN2O4/c1-5-25-17(23)13-6-7-14(16(20)10-13)11-22-9-8-15(12-22)21-18(24)26-19(2,3)4/h6-7,10,15H,5,8-9,11-12H2,1-4H3,(H,21,24). The van der Waals surface area contributed by atoms with Crippen molar-refractivity contribution in [3.63, 3.8) is 0 Å². The van der Waals surface area contributed by atoms with E-state index in [-0.39, 0.29) is 18.1 Å². The fraction of sp³-hybridized carbons (Fsp3) is 0.579. The molecule has 0 saturated carbocycles. The first kappa shape index (κ1) is 20.7. The topological polar surface area (TPSA) is 67.9 Å². The maximum Gasteiger partial charge on any atom is 0.407 e. The minimum atomic E-state index is -0.492. The van der Waals surface area contributed by atoms with Gasteiger partial charge in [0.1, 0.15) is 5.60 Å². The molecule has 0 aromatic heterocycles. The molecule has 1 saturated heterocycles. The summed E-state index contributed by atoms with van der Waals surface area (Å²) in [7, 11) is 0. The Morgan fingerprint density at radius 3 is 2.69 bits per heavy atom. The number of likely N-dealkylation sites (tertiary alicyclic amines) is 1. The van der Waals surface area contributed by atoms with E-state index in [0.717, 1.165) is 36.1 Å². The summed E-state index contributed by atoms with van der Waals surface area (Å²) in [6, 6.07) is 5.59. The number of rotatable bonds is 5. The van der Waals surface area contributed by atoms with Gasteiger partial charge in [0, 0.05) is 30.1 Å². The maximum absolute atomic E-state index is 11.9. The largest absolute Gasteiger partial charge is 0.462 e. The second-order valence-electron chi connectivity index (χ2n) is 7.39. The number of hydrogen-bond acceptors (Lipinski definition) is 5.